The highest BCUT2D eigenvalue weighted by Gasteiger charge is 2.30. The van der Waals surface area contributed by atoms with E-state index in [2.05, 4.69) is 161 Å². The summed E-state index contributed by atoms with van der Waals surface area (Å²) >= 11 is 0. The number of rotatable bonds is 7. The molecule has 0 unspecified atom stereocenters. The van der Waals surface area contributed by atoms with Gasteiger partial charge in [0.2, 0.25) is 6.71 Å². The van der Waals surface area contributed by atoms with Crippen LogP contribution in [-0.2, 0) is 0 Å². The molecule has 1 N–H and O–H groups in total. The predicted octanol–water partition coefficient (Wildman–Crippen LogP) is 7.12. The Hall–Kier alpha value is -3.97. The molecule has 5 aromatic carbocycles. The summed E-state index contributed by atoms with van der Waals surface area (Å²) in [6.07, 6.45) is 0. The molecule has 0 aliphatic rings. The first-order valence-corrected chi connectivity index (χ1v) is 16.4. The summed E-state index contributed by atoms with van der Waals surface area (Å²) in [5, 5.41) is 4.02. The lowest BCUT2D eigenvalue weighted by molar-refractivity contribution is 1.33. The highest BCUT2D eigenvalue weighted by molar-refractivity contribution is 6.96. The average Bonchev–Trinajstić information content (AvgIpc) is 2.90. The predicted molar refractivity (Wildman–Crippen MR) is 202 cm³/mol. The molecule has 0 aliphatic carbocycles. The molecule has 0 saturated heterocycles. The Balaban J connectivity index is 1.65. The van der Waals surface area contributed by atoms with Gasteiger partial charge in [0.25, 0.3) is 0 Å². The number of aryl methyl sites for hydroxylation is 12. The molecule has 5 rings (SSSR count). The number of hydrogen-bond donors (Lipinski definition) is 1. The second kappa shape index (κ2) is 12.8. The average molecular weight is 589 g/mol. The van der Waals surface area contributed by atoms with Crippen molar-refractivity contribution >= 4 is 46.6 Å². The van der Waals surface area contributed by atoms with Crippen LogP contribution in [0.4, 0.5) is 5.69 Å². The van der Waals surface area contributed by atoms with Crippen molar-refractivity contribution in [3.63, 3.8) is 0 Å². The Labute approximate surface area is 273 Å². The SMILES string of the molecule is Cc1cc(C)c(B(Nc2ccc(B(c3c(C)cc(C)cc3C)c3c(C)cc(C)cc3C)cc2)c2c(C)cc(C)cc2C)c(C)c1. The number of hydrogen-bond acceptors (Lipinski definition) is 1. The lowest BCUT2D eigenvalue weighted by atomic mass is 9.34. The van der Waals surface area contributed by atoms with E-state index in [4.69, 9.17) is 0 Å². The summed E-state index contributed by atoms with van der Waals surface area (Å²) in [6, 6.07) is 27.9. The molecule has 45 heavy (non-hydrogen) atoms. The van der Waals surface area contributed by atoms with E-state index in [0.29, 0.717) is 0 Å². The van der Waals surface area contributed by atoms with Crippen LogP contribution in [0.15, 0.2) is 72.8 Å². The molecule has 0 heterocycles. The summed E-state index contributed by atoms with van der Waals surface area (Å²) < 4.78 is 0. The summed E-state index contributed by atoms with van der Waals surface area (Å²) in [7, 11) is 0. The summed E-state index contributed by atoms with van der Waals surface area (Å²) in [5.41, 5.74) is 24.0. The van der Waals surface area contributed by atoms with E-state index in [0.717, 1.165) is 5.69 Å². The molecule has 0 saturated carbocycles. The van der Waals surface area contributed by atoms with Crippen molar-refractivity contribution in [1.82, 2.24) is 0 Å². The maximum absolute atomic E-state index is 4.02. The van der Waals surface area contributed by atoms with Gasteiger partial charge in [-0.1, -0.05) is 144 Å². The second-order valence-corrected chi connectivity index (χ2v) is 13.9. The molecule has 0 bridgehead atoms. The molecule has 228 valence electrons. The van der Waals surface area contributed by atoms with Crippen LogP contribution in [0.5, 0.6) is 0 Å². The second-order valence-electron chi connectivity index (χ2n) is 13.9. The number of nitrogens with one attached hydrogen (secondary N) is 1. The summed E-state index contributed by atoms with van der Waals surface area (Å²) in [5.74, 6) is 0. The highest BCUT2D eigenvalue weighted by Crippen LogP contribution is 2.17. The van der Waals surface area contributed by atoms with E-state index in [1.807, 2.05) is 0 Å². The van der Waals surface area contributed by atoms with Crippen LogP contribution in [-0.4, -0.2) is 13.6 Å². The van der Waals surface area contributed by atoms with Gasteiger partial charge in [-0.3, -0.25) is 0 Å². The van der Waals surface area contributed by atoms with Crippen LogP contribution in [0, 0.1) is 83.1 Å². The molecule has 3 heteroatoms. The maximum atomic E-state index is 4.02. The molecular formula is C42H49B2N. The molecule has 0 aliphatic heterocycles. The van der Waals surface area contributed by atoms with Crippen molar-refractivity contribution in [3.05, 3.63) is 140 Å². The van der Waals surface area contributed by atoms with Gasteiger partial charge in [-0.05, 0) is 106 Å². The monoisotopic (exact) mass is 589 g/mol. The third kappa shape index (κ3) is 6.55. The van der Waals surface area contributed by atoms with E-state index < -0.39 is 0 Å². The minimum Gasteiger partial charge on any atom is -0.420 e. The summed E-state index contributed by atoms with van der Waals surface area (Å²) in [6.45, 7) is 27.2. The fourth-order valence-electron chi connectivity index (χ4n) is 8.29. The normalized spacial score (nSPS) is 11.1. The minimum atomic E-state index is 0.0519. The van der Waals surface area contributed by atoms with Gasteiger partial charge >= 0.3 is 6.85 Å². The molecule has 1 nitrogen and oxygen atoms in total. The zero-order valence-corrected chi connectivity index (χ0v) is 29.6. The standard InChI is InChI=1S/C42H49B2N/c1-25-17-29(5)39(30(6)18-25)43(40-31(7)19-26(2)20-32(40)8)37-13-15-38(16-14-37)45-44(41-33(9)21-27(3)22-34(41)10)42-35(11)23-28(4)24-36(42)12/h13-24,45H,1-12H3. The van der Waals surface area contributed by atoms with Gasteiger partial charge in [0, 0.05) is 5.69 Å². The largest absolute Gasteiger partial charge is 0.420 e. The molecule has 0 atom stereocenters. The first-order chi connectivity index (χ1) is 21.2. The first kappa shape index (κ1) is 32.4. The van der Waals surface area contributed by atoms with Crippen molar-refractivity contribution in [2.24, 2.45) is 0 Å². The first-order valence-electron chi connectivity index (χ1n) is 16.4. The summed E-state index contributed by atoms with van der Waals surface area (Å²) in [4.78, 5) is 0. The zero-order chi connectivity index (χ0) is 32.7. The Bertz CT molecular complexity index is 1690. The number of anilines is 1. The van der Waals surface area contributed by atoms with Gasteiger partial charge in [-0.15, -0.1) is 0 Å². The van der Waals surface area contributed by atoms with Crippen molar-refractivity contribution in [3.8, 4) is 0 Å². The zero-order valence-electron chi connectivity index (χ0n) is 29.6. The Kier molecular flexibility index (Phi) is 9.22. The highest BCUT2D eigenvalue weighted by atomic mass is 14.8. The van der Waals surface area contributed by atoms with Crippen LogP contribution in [0.1, 0.15) is 66.8 Å². The third-order valence-electron chi connectivity index (χ3n) is 9.66. The van der Waals surface area contributed by atoms with Crippen molar-refractivity contribution in [2.75, 3.05) is 5.23 Å². The quantitative estimate of drug-likeness (QED) is 0.200. The topological polar surface area (TPSA) is 12.0 Å². The third-order valence-corrected chi connectivity index (χ3v) is 9.66. The van der Waals surface area contributed by atoms with Gasteiger partial charge in [0.15, 0.2) is 0 Å². The van der Waals surface area contributed by atoms with Gasteiger partial charge in [-0.2, -0.15) is 0 Å². The lowest BCUT2D eigenvalue weighted by Gasteiger charge is -2.26. The Morgan fingerprint density at radius 3 is 0.911 bits per heavy atom. The fraction of sp³-hybridized carbons (Fsp3) is 0.286. The van der Waals surface area contributed by atoms with Crippen LogP contribution >= 0.6 is 0 Å². The van der Waals surface area contributed by atoms with E-state index in [9.17, 15) is 0 Å². The fourth-order valence-corrected chi connectivity index (χ4v) is 8.29. The van der Waals surface area contributed by atoms with Crippen molar-refractivity contribution in [2.45, 2.75) is 83.1 Å². The molecule has 0 aromatic heterocycles. The molecule has 0 radical (unpaired) electrons. The van der Waals surface area contributed by atoms with Crippen molar-refractivity contribution < 1.29 is 0 Å². The lowest BCUT2D eigenvalue weighted by Crippen LogP contribution is -2.56. The molecule has 0 fully saturated rings. The van der Waals surface area contributed by atoms with Crippen LogP contribution in [0.2, 0.25) is 0 Å². The van der Waals surface area contributed by atoms with Crippen LogP contribution in [0.3, 0.4) is 0 Å². The molecule has 5 aromatic rings. The van der Waals surface area contributed by atoms with E-state index >= 15 is 0 Å². The van der Waals surface area contributed by atoms with Gasteiger partial charge < -0.3 is 5.23 Å². The van der Waals surface area contributed by atoms with E-state index in [-0.39, 0.29) is 13.6 Å². The Morgan fingerprint density at radius 2 is 0.622 bits per heavy atom. The van der Waals surface area contributed by atoms with Gasteiger partial charge in [0.1, 0.15) is 0 Å². The minimum absolute atomic E-state index is 0.0519. The van der Waals surface area contributed by atoms with Crippen LogP contribution in [0.25, 0.3) is 0 Å². The van der Waals surface area contributed by atoms with Gasteiger partial charge in [0.05, 0.1) is 0 Å². The smallest absolute Gasteiger partial charge is 0.322 e. The van der Waals surface area contributed by atoms with Crippen molar-refractivity contribution in [1.29, 1.82) is 0 Å². The maximum Gasteiger partial charge on any atom is 0.322 e. The molecular weight excluding hydrogens is 540 g/mol. The van der Waals surface area contributed by atoms with E-state index in [1.54, 1.807) is 0 Å². The number of benzene rings is 5. The van der Waals surface area contributed by atoms with Gasteiger partial charge in [-0.25, -0.2) is 0 Å². The van der Waals surface area contributed by atoms with E-state index in [1.165, 1.54) is 94.1 Å². The molecule has 0 spiro atoms. The van der Waals surface area contributed by atoms with Crippen LogP contribution < -0.4 is 32.5 Å². The molecule has 0 amide bonds. The Morgan fingerprint density at radius 1 is 0.356 bits per heavy atom.